The predicted octanol–water partition coefficient (Wildman–Crippen LogP) is 0.569. The molecule has 0 bridgehead atoms. The number of nitrogens with two attached hydrogens (primary N) is 1. The second-order valence-corrected chi connectivity index (χ2v) is 4.85. The number of rotatable bonds is 2. The van der Waals surface area contributed by atoms with Crippen molar-refractivity contribution in [2.45, 2.75) is 50.7 Å². The van der Waals surface area contributed by atoms with Gasteiger partial charge in [0.1, 0.15) is 0 Å². The zero-order valence-corrected chi connectivity index (χ0v) is 9.17. The van der Waals surface area contributed by atoms with Gasteiger partial charge in [-0.3, -0.25) is 4.90 Å². The molecule has 1 rings (SSSR count). The highest BCUT2D eigenvalue weighted by Gasteiger charge is 2.51. The highest BCUT2D eigenvalue weighted by molar-refractivity contribution is 5.11. The average Bonchev–Trinajstić information content (AvgIpc) is 2.14. The van der Waals surface area contributed by atoms with Gasteiger partial charge in [-0.1, -0.05) is 0 Å². The quantitative estimate of drug-likeness (QED) is 0.663. The molecule has 3 heteroatoms. The van der Waals surface area contributed by atoms with E-state index in [0.29, 0.717) is 12.5 Å². The molecule has 0 saturated carbocycles. The van der Waals surface area contributed by atoms with Crippen molar-refractivity contribution in [3.05, 3.63) is 0 Å². The second kappa shape index (κ2) is 3.23. The van der Waals surface area contributed by atoms with E-state index >= 15 is 0 Å². The molecule has 3 N–H and O–H groups in total. The van der Waals surface area contributed by atoms with E-state index in [2.05, 4.69) is 32.7 Å². The Balaban J connectivity index is 2.88. The lowest BCUT2D eigenvalue weighted by Gasteiger charge is -2.41. The molecule has 0 amide bonds. The van der Waals surface area contributed by atoms with Crippen LogP contribution < -0.4 is 5.73 Å². The fourth-order valence-corrected chi connectivity index (χ4v) is 2.42. The molecule has 2 atom stereocenters. The molecule has 1 aliphatic heterocycles. The minimum Gasteiger partial charge on any atom is -0.396 e. The van der Waals surface area contributed by atoms with Gasteiger partial charge in [-0.15, -0.1) is 0 Å². The van der Waals surface area contributed by atoms with Crippen molar-refractivity contribution in [3.8, 4) is 0 Å². The molecule has 1 aliphatic rings. The van der Waals surface area contributed by atoms with Gasteiger partial charge in [-0.25, -0.2) is 0 Å². The van der Waals surface area contributed by atoms with E-state index in [1.165, 1.54) is 0 Å². The lowest BCUT2D eigenvalue weighted by atomic mass is 9.78. The van der Waals surface area contributed by atoms with Gasteiger partial charge in [0.05, 0.1) is 0 Å². The summed E-state index contributed by atoms with van der Waals surface area (Å²) in [6.07, 6.45) is 1.66. The molecule has 3 nitrogen and oxygen atoms in total. The first-order valence-electron chi connectivity index (χ1n) is 4.98. The minimum atomic E-state index is -0.240. The van der Waals surface area contributed by atoms with Crippen molar-refractivity contribution in [1.82, 2.24) is 4.90 Å². The third kappa shape index (κ3) is 1.49. The highest BCUT2D eigenvalue weighted by atomic mass is 16.3. The van der Waals surface area contributed by atoms with Crippen LogP contribution in [0, 0.1) is 0 Å². The van der Waals surface area contributed by atoms with E-state index in [1.807, 2.05) is 0 Å². The molecule has 0 aliphatic carbocycles. The molecule has 0 aromatic heterocycles. The first-order valence-corrected chi connectivity index (χ1v) is 4.98. The minimum absolute atomic E-state index is 0.0187. The summed E-state index contributed by atoms with van der Waals surface area (Å²) in [5.41, 5.74) is 6.07. The molecular weight excluding hydrogens is 164 g/mol. The Bertz CT molecular complexity index is 193. The third-order valence-electron chi connectivity index (χ3n) is 3.98. The maximum absolute atomic E-state index is 9.00. The van der Waals surface area contributed by atoms with Crippen LogP contribution in [0.25, 0.3) is 0 Å². The predicted molar refractivity (Wildman–Crippen MR) is 54.5 cm³/mol. The van der Waals surface area contributed by atoms with E-state index in [9.17, 15) is 0 Å². The van der Waals surface area contributed by atoms with Crippen LogP contribution >= 0.6 is 0 Å². The summed E-state index contributed by atoms with van der Waals surface area (Å²) >= 11 is 0. The Hall–Kier alpha value is -0.120. The van der Waals surface area contributed by atoms with Crippen LogP contribution in [-0.4, -0.2) is 40.8 Å². The first-order chi connectivity index (χ1) is 5.85. The summed E-state index contributed by atoms with van der Waals surface area (Å²) in [7, 11) is 2.11. The van der Waals surface area contributed by atoms with Gasteiger partial charge in [0, 0.05) is 23.7 Å². The summed E-state index contributed by atoms with van der Waals surface area (Å²) in [6, 6.07) is 0.506. The summed E-state index contributed by atoms with van der Waals surface area (Å²) < 4.78 is 0. The molecule has 1 saturated heterocycles. The maximum atomic E-state index is 9.00. The lowest BCUT2D eigenvalue weighted by molar-refractivity contribution is 0.110. The van der Waals surface area contributed by atoms with Gasteiger partial charge < -0.3 is 10.8 Å². The van der Waals surface area contributed by atoms with Crippen LogP contribution in [0.2, 0.25) is 0 Å². The van der Waals surface area contributed by atoms with Gasteiger partial charge in [0.15, 0.2) is 0 Å². The fraction of sp³-hybridized carbons (Fsp3) is 1.00. The Morgan fingerprint density at radius 3 is 2.38 bits per heavy atom. The molecule has 78 valence electrons. The van der Waals surface area contributed by atoms with E-state index in [-0.39, 0.29) is 17.7 Å². The summed E-state index contributed by atoms with van der Waals surface area (Å²) in [5, 5.41) is 9.00. The van der Waals surface area contributed by atoms with Crippen molar-refractivity contribution in [2.75, 3.05) is 13.7 Å². The molecule has 1 heterocycles. The molecule has 0 aromatic carbocycles. The van der Waals surface area contributed by atoms with Crippen LogP contribution in [0.4, 0.5) is 0 Å². The number of hydrogen-bond donors (Lipinski definition) is 2. The molecule has 2 unspecified atom stereocenters. The fourth-order valence-electron chi connectivity index (χ4n) is 2.42. The molecule has 0 radical (unpaired) electrons. The van der Waals surface area contributed by atoms with Crippen molar-refractivity contribution in [2.24, 2.45) is 5.73 Å². The Labute approximate surface area is 80.9 Å². The van der Waals surface area contributed by atoms with E-state index < -0.39 is 0 Å². The molecule has 1 fully saturated rings. The van der Waals surface area contributed by atoms with Crippen molar-refractivity contribution in [3.63, 3.8) is 0 Å². The van der Waals surface area contributed by atoms with Gasteiger partial charge in [-0.05, 0) is 40.7 Å². The molecule has 13 heavy (non-hydrogen) atoms. The number of likely N-dealkylation sites (N-methyl/N-ethyl adjacent to an activating group) is 1. The Morgan fingerprint density at radius 1 is 1.54 bits per heavy atom. The summed E-state index contributed by atoms with van der Waals surface area (Å²) in [5.74, 6) is 0. The summed E-state index contributed by atoms with van der Waals surface area (Å²) in [4.78, 5) is 2.31. The van der Waals surface area contributed by atoms with Crippen molar-refractivity contribution >= 4 is 0 Å². The number of nitrogens with zero attached hydrogens (tertiary/aromatic N) is 1. The van der Waals surface area contributed by atoms with E-state index in [4.69, 9.17) is 10.8 Å². The van der Waals surface area contributed by atoms with Gasteiger partial charge in [-0.2, -0.15) is 0 Å². The SMILES string of the molecule is CC1CC(N)(CCO)C(C)(C)N1C. The zero-order chi connectivity index (χ0) is 10.3. The molecular formula is C10H22N2O. The largest absolute Gasteiger partial charge is 0.396 e. The van der Waals surface area contributed by atoms with Gasteiger partial charge in [0.25, 0.3) is 0 Å². The molecule has 0 spiro atoms. The number of aliphatic hydroxyl groups excluding tert-OH is 1. The Morgan fingerprint density at radius 2 is 2.08 bits per heavy atom. The number of hydrogen-bond acceptors (Lipinski definition) is 3. The standard InChI is InChI=1S/C10H22N2O/c1-8-7-10(11,5-6-13)9(2,3)12(8)4/h8,13H,5-7,11H2,1-4H3. The van der Waals surface area contributed by atoms with Crippen molar-refractivity contribution in [1.29, 1.82) is 0 Å². The Kier molecular flexibility index (Phi) is 2.72. The van der Waals surface area contributed by atoms with Crippen LogP contribution in [-0.2, 0) is 0 Å². The second-order valence-electron chi connectivity index (χ2n) is 4.85. The average molecular weight is 186 g/mol. The van der Waals surface area contributed by atoms with E-state index in [0.717, 1.165) is 6.42 Å². The van der Waals surface area contributed by atoms with Gasteiger partial charge >= 0.3 is 0 Å². The van der Waals surface area contributed by atoms with Crippen LogP contribution in [0.3, 0.4) is 0 Å². The van der Waals surface area contributed by atoms with Gasteiger partial charge in [0.2, 0.25) is 0 Å². The smallest absolute Gasteiger partial charge is 0.0449 e. The van der Waals surface area contributed by atoms with Crippen LogP contribution in [0.1, 0.15) is 33.6 Å². The lowest BCUT2D eigenvalue weighted by Crippen LogP contribution is -2.58. The van der Waals surface area contributed by atoms with Crippen LogP contribution in [0.15, 0.2) is 0 Å². The third-order valence-corrected chi connectivity index (χ3v) is 3.98. The topological polar surface area (TPSA) is 49.5 Å². The normalized spacial score (nSPS) is 39.7. The summed E-state index contributed by atoms with van der Waals surface area (Å²) in [6.45, 7) is 6.69. The first kappa shape index (κ1) is 11.0. The van der Waals surface area contributed by atoms with E-state index in [1.54, 1.807) is 0 Å². The zero-order valence-electron chi connectivity index (χ0n) is 9.17. The monoisotopic (exact) mass is 186 g/mol. The maximum Gasteiger partial charge on any atom is 0.0449 e. The molecule has 0 aromatic rings. The number of aliphatic hydroxyl groups is 1. The highest BCUT2D eigenvalue weighted by Crippen LogP contribution is 2.40. The number of likely N-dealkylation sites (tertiary alicyclic amines) is 1. The van der Waals surface area contributed by atoms with Crippen molar-refractivity contribution < 1.29 is 5.11 Å². The van der Waals surface area contributed by atoms with Crippen LogP contribution in [0.5, 0.6) is 0 Å².